The lowest BCUT2D eigenvalue weighted by atomic mass is 10.2. The Bertz CT molecular complexity index is 605. The molecule has 0 spiro atoms. The smallest absolute Gasteiger partial charge is 0.281 e. The number of nitrogens with one attached hydrogen (secondary N) is 1. The minimum Gasteiger partial charge on any atom is -0.334 e. The van der Waals surface area contributed by atoms with Crippen LogP contribution in [0.4, 0.5) is 5.69 Å². The van der Waals surface area contributed by atoms with Gasteiger partial charge in [-0.05, 0) is 18.6 Å². The van der Waals surface area contributed by atoms with E-state index in [9.17, 15) is 8.42 Å². The molecule has 0 amide bonds. The second-order valence-electron chi connectivity index (χ2n) is 3.67. The van der Waals surface area contributed by atoms with Crippen LogP contribution < -0.4 is 4.31 Å². The quantitative estimate of drug-likeness (QED) is 0.900. The monoisotopic (exact) mass is 251 g/mol. The van der Waals surface area contributed by atoms with Gasteiger partial charge in [-0.3, -0.25) is 4.31 Å². The summed E-state index contributed by atoms with van der Waals surface area (Å²) in [6.45, 7) is 1.87. The maximum Gasteiger partial charge on any atom is 0.281 e. The SMILES string of the molecule is Cc1ccccc1N(C)S(=O)(=O)c1cnc[nH]1. The van der Waals surface area contributed by atoms with Crippen molar-refractivity contribution >= 4 is 15.7 Å². The number of imidazole rings is 1. The molecule has 0 bridgehead atoms. The van der Waals surface area contributed by atoms with Gasteiger partial charge in [0.05, 0.1) is 18.2 Å². The molecule has 17 heavy (non-hydrogen) atoms. The number of sulfonamides is 1. The highest BCUT2D eigenvalue weighted by Crippen LogP contribution is 2.23. The number of hydrogen-bond acceptors (Lipinski definition) is 3. The molecule has 2 rings (SSSR count). The van der Waals surface area contributed by atoms with Crippen molar-refractivity contribution in [3.63, 3.8) is 0 Å². The number of hydrogen-bond donors (Lipinski definition) is 1. The van der Waals surface area contributed by atoms with Crippen LogP contribution in [-0.4, -0.2) is 25.4 Å². The molecule has 2 aromatic rings. The fourth-order valence-electron chi connectivity index (χ4n) is 1.58. The molecule has 1 aromatic heterocycles. The second kappa shape index (κ2) is 4.21. The summed E-state index contributed by atoms with van der Waals surface area (Å²) in [4.78, 5) is 6.33. The molecular formula is C11H13N3O2S. The van der Waals surface area contributed by atoms with Gasteiger partial charge in [0.1, 0.15) is 0 Å². The van der Waals surface area contributed by atoms with E-state index in [0.717, 1.165) is 5.56 Å². The Balaban J connectivity index is 2.46. The van der Waals surface area contributed by atoms with Crippen molar-refractivity contribution in [1.82, 2.24) is 9.97 Å². The van der Waals surface area contributed by atoms with Gasteiger partial charge in [-0.2, -0.15) is 8.42 Å². The number of benzene rings is 1. The van der Waals surface area contributed by atoms with Gasteiger partial charge in [0.25, 0.3) is 10.0 Å². The van der Waals surface area contributed by atoms with E-state index in [1.54, 1.807) is 12.1 Å². The van der Waals surface area contributed by atoms with Crippen LogP contribution in [0.3, 0.4) is 0 Å². The predicted molar refractivity (Wildman–Crippen MR) is 65.4 cm³/mol. The number of para-hydroxylation sites is 1. The second-order valence-corrected chi connectivity index (χ2v) is 5.61. The van der Waals surface area contributed by atoms with Gasteiger partial charge in [-0.25, -0.2) is 4.98 Å². The number of anilines is 1. The summed E-state index contributed by atoms with van der Waals surface area (Å²) in [5.74, 6) is 0. The maximum atomic E-state index is 12.2. The third kappa shape index (κ3) is 2.03. The van der Waals surface area contributed by atoms with Crippen molar-refractivity contribution in [2.75, 3.05) is 11.4 Å². The average Bonchev–Trinajstić information content (AvgIpc) is 2.83. The molecule has 1 aromatic carbocycles. The van der Waals surface area contributed by atoms with E-state index in [2.05, 4.69) is 9.97 Å². The van der Waals surface area contributed by atoms with Crippen molar-refractivity contribution in [1.29, 1.82) is 0 Å². The molecule has 0 saturated heterocycles. The highest BCUT2D eigenvalue weighted by Gasteiger charge is 2.23. The van der Waals surface area contributed by atoms with Crippen LogP contribution >= 0.6 is 0 Å². The Hall–Kier alpha value is -1.82. The van der Waals surface area contributed by atoms with Gasteiger partial charge in [0.2, 0.25) is 0 Å². The van der Waals surface area contributed by atoms with E-state index in [1.165, 1.54) is 23.9 Å². The average molecular weight is 251 g/mol. The van der Waals surface area contributed by atoms with Crippen molar-refractivity contribution < 1.29 is 8.42 Å². The van der Waals surface area contributed by atoms with Gasteiger partial charge in [-0.15, -0.1) is 0 Å². The lowest BCUT2D eigenvalue weighted by Gasteiger charge is -2.20. The molecule has 0 radical (unpaired) electrons. The Morgan fingerprint density at radius 2 is 2.00 bits per heavy atom. The largest absolute Gasteiger partial charge is 0.334 e. The normalized spacial score (nSPS) is 11.4. The van der Waals surface area contributed by atoms with E-state index < -0.39 is 10.0 Å². The Kier molecular flexibility index (Phi) is 2.89. The predicted octanol–water partition coefficient (Wildman–Crippen LogP) is 1.54. The van der Waals surface area contributed by atoms with Crippen molar-refractivity contribution in [3.8, 4) is 0 Å². The maximum absolute atomic E-state index is 12.2. The first-order valence-corrected chi connectivity index (χ1v) is 6.50. The van der Waals surface area contributed by atoms with Crippen LogP contribution in [0.15, 0.2) is 41.8 Å². The van der Waals surface area contributed by atoms with Crippen LogP contribution in [0, 0.1) is 6.92 Å². The van der Waals surface area contributed by atoms with E-state index >= 15 is 0 Å². The van der Waals surface area contributed by atoms with Crippen molar-refractivity contribution in [2.24, 2.45) is 0 Å². The zero-order valence-electron chi connectivity index (χ0n) is 9.58. The molecule has 0 unspecified atom stereocenters. The first-order valence-electron chi connectivity index (χ1n) is 5.06. The molecule has 90 valence electrons. The van der Waals surface area contributed by atoms with Crippen LogP contribution in [0.1, 0.15) is 5.56 Å². The molecule has 0 fully saturated rings. The molecule has 1 N–H and O–H groups in total. The van der Waals surface area contributed by atoms with E-state index in [1.807, 2.05) is 19.1 Å². The summed E-state index contributed by atoms with van der Waals surface area (Å²) >= 11 is 0. The topological polar surface area (TPSA) is 66.1 Å². The van der Waals surface area contributed by atoms with Gasteiger partial charge in [0.15, 0.2) is 5.03 Å². The summed E-state index contributed by atoms with van der Waals surface area (Å²) < 4.78 is 25.6. The highest BCUT2D eigenvalue weighted by molar-refractivity contribution is 7.92. The molecule has 0 saturated carbocycles. The standard InChI is InChI=1S/C11H13N3O2S/c1-9-5-3-4-6-10(9)14(2)17(15,16)11-7-12-8-13-11/h3-8H,1-2H3,(H,12,13). The summed E-state index contributed by atoms with van der Waals surface area (Å²) in [5.41, 5.74) is 1.56. The van der Waals surface area contributed by atoms with E-state index in [0.29, 0.717) is 5.69 Å². The first kappa shape index (κ1) is 11.7. The van der Waals surface area contributed by atoms with Crippen LogP contribution in [0.5, 0.6) is 0 Å². The van der Waals surface area contributed by atoms with Crippen molar-refractivity contribution in [2.45, 2.75) is 11.9 Å². The molecule has 0 atom stereocenters. The number of H-pyrrole nitrogens is 1. The number of aromatic nitrogens is 2. The first-order chi connectivity index (χ1) is 8.03. The lowest BCUT2D eigenvalue weighted by Crippen LogP contribution is -2.27. The number of aromatic amines is 1. The molecule has 0 aliphatic carbocycles. The third-order valence-corrected chi connectivity index (χ3v) is 4.26. The number of rotatable bonds is 3. The number of nitrogens with zero attached hydrogens (tertiary/aromatic N) is 2. The zero-order chi connectivity index (χ0) is 12.5. The number of aryl methyl sites for hydroxylation is 1. The van der Waals surface area contributed by atoms with Crippen LogP contribution in [0.2, 0.25) is 0 Å². The Morgan fingerprint density at radius 1 is 1.29 bits per heavy atom. The van der Waals surface area contributed by atoms with E-state index in [4.69, 9.17) is 0 Å². The summed E-state index contributed by atoms with van der Waals surface area (Å²) in [7, 11) is -2.03. The zero-order valence-corrected chi connectivity index (χ0v) is 10.4. The molecule has 1 heterocycles. The van der Waals surface area contributed by atoms with Gasteiger partial charge < -0.3 is 4.98 Å². The molecule has 0 aliphatic heterocycles. The molecular weight excluding hydrogens is 238 g/mol. The Morgan fingerprint density at radius 3 is 2.59 bits per heavy atom. The minimum absolute atomic E-state index is 0.0863. The van der Waals surface area contributed by atoms with E-state index in [-0.39, 0.29) is 5.03 Å². The molecule has 0 aliphatic rings. The van der Waals surface area contributed by atoms with Crippen LogP contribution in [0.25, 0.3) is 0 Å². The summed E-state index contributed by atoms with van der Waals surface area (Å²) in [6, 6.07) is 7.31. The van der Waals surface area contributed by atoms with Gasteiger partial charge in [-0.1, -0.05) is 18.2 Å². The fraction of sp³-hybridized carbons (Fsp3) is 0.182. The molecule has 6 heteroatoms. The molecule has 5 nitrogen and oxygen atoms in total. The van der Waals surface area contributed by atoms with Crippen molar-refractivity contribution in [3.05, 3.63) is 42.4 Å². The fourth-order valence-corrected chi connectivity index (χ4v) is 2.73. The summed E-state index contributed by atoms with van der Waals surface area (Å²) in [5, 5.41) is 0.0863. The minimum atomic E-state index is -3.56. The van der Waals surface area contributed by atoms with Crippen LogP contribution in [-0.2, 0) is 10.0 Å². The highest BCUT2D eigenvalue weighted by atomic mass is 32.2. The summed E-state index contributed by atoms with van der Waals surface area (Å²) in [6.07, 6.45) is 2.64. The van der Waals surface area contributed by atoms with Gasteiger partial charge >= 0.3 is 0 Å². The Labute approximate surface area is 100 Å². The van der Waals surface area contributed by atoms with Gasteiger partial charge in [0, 0.05) is 7.05 Å². The lowest BCUT2D eigenvalue weighted by molar-refractivity contribution is 0.591. The third-order valence-electron chi connectivity index (χ3n) is 2.57.